The van der Waals surface area contributed by atoms with Gasteiger partial charge in [-0.3, -0.25) is 0 Å². The number of benzene rings is 1. The molecule has 1 aromatic carbocycles. The van der Waals surface area contributed by atoms with E-state index in [0.29, 0.717) is 12.5 Å². The number of ether oxygens (including phenoxy) is 1. The van der Waals surface area contributed by atoms with E-state index in [4.69, 9.17) is 4.74 Å². The minimum Gasteiger partial charge on any atom is -0.493 e. The van der Waals surface area contributed by atoms with E-state index in [1.54, 1.807) is 6.07 Å². The van der Waals surface area contributed by atoms with Crippen molar-refractivity contribution in [1.29, 1.82) is 0 Å². The fourth-order valence-electron chi connectivity index (χ4n) is 2.32. The quantitative estimate of drug-likeness (QED) is 0.878. The Morgan fingerprint density at radius 3 is 2.82 bits per heavy atom. The number of hydrogen-bond donors (Lipinski definition) is 1. The predicted molar refractivity (Wildman–Crippen MR) is 62.3 cm³/mol. The number of methoxy groups -OCH3 is 1. The Hall–Kier alpha value is -1.16. The van der Waals surface area contributed by atoms with Gasteiger partial charge >= 0.3 is 0 Å². The predicted octanol–water partition coefficient (Wildman–Crippen LogP) is 2.66. The van der Waals surface area contributed by atoms with E-state index in [1.165, 1.54) is 20.0 Å². The van der Waals surface area contributed by atoms with Gasteiger partial charge in [0.15, 0.2) is 11.6 Å². The summed E-state index contributed by atoms with van der Waals surface area (Å²) in [7, 11) is 1.37. The fraction of sp³-hybridized carbons (Fsp3) is 0.538. The molecule has 1 unspecified atom stereocenters. The van der Waals surface area contributed by atoms with Gasteiger partial charge in [-0.05, 0) is 37.4 Å². The monoisotopic (exact) mass is 241 g/mol. The number of piperidine rings is 1. The lowest BCUT2D eigenvalue weighted by Gasteiger charge is -2.24. The van der Waals surface area contributed by atoms with Gasteiger partial charge in [-0.1, -0.05) is 12.5 Å². The molecule has 0 aromatic heterocycles. The van der Waals surface area contributed by atoms with Gasteiger partial charge in [0, 0.05) is 6.04 Å². The van der Waals surface area contributed by atoms with E-state index in [2.05, 4.69) is 5.32 Å². The molecule has 1 heterocycles. The summed E-state index contributed by atoms with van der Waals surface area (Å²) in [6.07, 6.45) is 4.12. The topological polar surface area (TPSA) is 21.3 Å². The molecule has 0 radical (unpaired) electrons. The highest BCUT2D eigenvalue weighted by atomic mass is 19.2. The molecule has 0 amide bonds. The summed E-state index contributed by atoms with van der Waals surface area (Å²) in [6.45, 7) is 0.997. The Kier molecular flexibility index (Phi) is 3.94. The lowest BCUT2D eigenvalue weighted by Crippen LogP contribution is -2.35. The molecule has 1 aromatic rings. The second kappa shape index (κ2) is 5.45. The minimum absolute atomic E-state index is 0.0392. The molecule has 0 saturated carbocycles. The third kappa shape index (κ3) is 2.75. The maximum Gasteiger partial charge on any atom is 0.200 e. The van der Waals surface area contributed by atoms with Crippen molar-refractivity contribution in [3.05, 3.63) is 29.3 Å². The largest absolute Gasteiger partial charge is 0.493 e. The molecule has 2 rings (SSSR count). The van der Waals surface area contributed by atoms with Crippen LogP contribution in [-0.4, -0.2) is 19.7 Å². The van der Waals surface area contributed by atoms with Crippen LogP contribution in [0, 0.1) is 11.6 Å². The molecule has 0 spiro atoms. The average molecular weight is 241 g/mol. The van der Waals surface area contributed by atoms with Crippen LogP contribution in [0.25, 0.3) is 0 Å². The molecule has 1 saturated heterocycles. The Labute approximate surface area is 100.0 Å². The van der Waals surface area contributed by atoms with Crippen molar-refractivity contribution in [2.24, 2.45) is 0 Å². The standard InChI is InChI=1S/C13H17F2NO/c1-17-13-9(5-6-11(14)12(13)15)8-10-4-2-3-7-16-10/h5-6,10,16H,2-4,7-8H2,1H3. The van der Waals surface area contributed by atoms with Crippen molar-refractivity contribution in [2.75, 3.05) is 13.7 Å². The summed E-state index contributed by atoms with van der Waals surface area (Å²) < 4.78 is 31.5. The van der Waals surface area contributed by atoms with E-state index in [-0.39, 0.29) is 5.75 Å². The van der Waals surface area contributed by atoms with Crippen molar-refractivity contribution < 1.29 is 13.5 Å². The number of nitrogens with one attached hydrogen (secondary N) is 1. The van der Waals surface area contributed by atoms with E-state index in [0.717, 1.165) is 24.6 Å². The molecular weight excluding hydrogens is 224 g/mol. The van der Waals surface area contributed by atoms with E-state index >= 15 is 0 Å². The van der Waals surface area contributed by atoms with Crippen LogP contribution >= 0.6 is 0 Å². The van der Waals surface area contributed by atoms with Crippen LogP contribution in [-0.2, 0) is 6.42 Å². The van der Waals surface area contributed by atoms with Crippen LogP contribution in [0.1, 0.15) is 24.8 Å². The van der Waals surface area contributed by atoms with Gasteiger partial charge in [-0.25, -0.2) is 4.39 Å². The molecule has 1 atom stereocenters. The summed E-state index contributed by atoms with van der Waals surface area (Å²) in [5.74, 6) is -1.71. The summed E-state index contributed by atoms with van der Waals surface area (Å²) in [6, 6.07) is 3.10. The van der Waals surface area contributed by atoms with Crippen molar-refractivity contribution in [2.45, 2.75) is 31.7 Å². The SMILES string of the molecule is COc1c(CC2CCCCN2)ccc(F)c1F. The highest BCUT2D eigenvalue weighted by Gasteiger charge is 2.19. The molecule has 1 aliphatic rings. The third-order valence-electron chi connectivity index (χ3n) is 3.21. The molecule has 17 heavy (non-hydrogen) atoms. The van der Waals surface area contributed by atoms with Crippen molar-refractivity contribution in [3.63, 3.8) is 0 Å². The van der Waals surface area contributed by atoms with Crippen LogP contribution in [0.2, 0.25) is 0 Å². The van der Waals surface area contributed by atoms with Crippen molar-refractivity contribution >= 4 is 0 Å². The molecule has 1 fully saturated rings. The highest BCUT2D eigenvalue weighted by molar-refractivity contribution is 5.36. The molecule has 0 aliphatic carbocycles. The van der Waals surface area contributed by atoms with Crippen LogP contribution < -0.4 is 10.1 Å². The van der Waals surface area contributed by atoms with Gasteiger partial charge in [0.05, 0.1) is 7.11 Å². The number of hydrogen-bond acceptors (Lipinski definition) is 2. The van der Waals surface area contributed by atoms with Crippen LogP contribution in [0.15, 0.2) is 12.1 Å². The van der Waals surface area contributed by atoms with Gasteiger partial charge in [-0.15, -0.1) is 0 Å². The molecule has 1 N–H and O–H groups in total. The van der Waals surface area contributed by atoms with Crippen molar-refractivity contribution in [3.8, 4) is 5.75 Å². The maximum absolute atomic E-state index is 13.5. The second-order valence-corrected chi connectivity index (χ2v) is 4.40. The Bertz CT molecular complexity index is 389. The smallest absolute Gasteiger partial charge is 0.200 e. The zero-order chi connectivity index (χ0) is 12.3. The fourth-order valence-corrected chi connectivity index (χ4v) is 2.32. The van der Waals surface area contributed by atoms with Crippen molar-refractivity contribution in [1.82, 2.24) is 5.32 Å². The molecule has 2 nitrogen and oxygen atoms in total. The first kappa shape index (κ1) is 12.3. The first-order valence-electron chi connectivity index (χ1n) is 5.96. The normalized spacial score (nSPS) is 20.3. The lowest BCUT2D eigenvalue weighted by atomic mass is 9.97. The van der Waals surface area contributed by atoms with E-state index in [1.807, 2.05) is 0 Å². The molecular formula is C13H17F2NO. The van der Waals surface area contributed by atoms with Crippen LogP contribution in [0.4, 0.5) is 8.78 Å². The Morgan fingerprint density at radius 2 is 2.18 bits per heavy atom. The summed E-state index contributed by atoms with van der Waals surface area (Å²) in [5, 5.41) is 3.38. The van der Waals surface area contributed by atoms with E-state index in [9.17, 15) is 8.78 Å². The van der Waals surface area contributed by atoms with Crippen LogP contribution in [0.5, 0.6) is 5.75 Å². The minimum atomic E-state index is -0.888. The van der Waals surface area contributed by atoms with Gasteiger partial charge in [-0.2, -0.15) is 4.39 Å². The first-order valence-corrected chi connectivity index (χ1v) is 5.96. The Balaban J connectivity index is 2.17. The van der Waals surface area contributed by atoms with Gasteiger partial charge < -0.3 is 10.1 Å². The number of halogens is 2. The number of rotatable bonds is 3. The summed E-state index contributed by atoms with van der Waals surface area (Å²) in [4.78, 5) is 0. The molecule has 94 valence electrons. The Morgan fingerprint density at radius 1 is 1.35 bits per heavy atom. The zero-order valence-electron chi connectivity index (χ0n) is 9.93. The highest BCUT2D eigenvalue weighted by Crippen LogP contribution is 2.27. The molecule has 0 bridgehead atoms. The molecule has 4 heteroatoms. The summed E-state index contributed by atoms with van der Waals surface area (Å²) >= 11 is 0. The maximum atomic E-state index is 13.5. The first-order chi connectivity index (χ1) is 8.22. The van der Waals surface area contributed by atoms with Gasteiger partial charge in [0.2, 0.25) is 5.82 Å². The second-order valence-electron chi connectivity index (χ2n) is 4.40. The van der Waals surface area contributed by atoms with E-state index < -0.39 is 11.6 Å². The zero-order valence-corrected chi connectivity index (χ0v) is 9.93. The van der Waals surface area contributed by atoms with Gasteiger partial charge in [0.25, 0.3) is 0 Å². The average Bonchev–Trinajstić information content (AvgIpc) is 2.36. The third-order valence-corrected chi connectivity index (χ3v) is 3.21. The lowest BCUT2D eigenvalue weighted by molar-refractivity contribution is 0.356. The van der Waals surface area contributed by atoms with Crippen LogP contribution in [0.3, 0.4) is 0 Å². The van der Waals surface area contributed by atoms with Gasteiger partial charge in [0.1, 0.15) is 0 Å². The molecule has 1 aliphatic heterocycles. The summed E-state index contributed by atoms with van der Waals surface area (Å²) in [5.41, 5.74) is 0.728.